The third-order valence-electron chi connectivity index (χ3n) is 2.12. The van der Waals surface area contributed by atoms with Crippen LogP contribution < -0.4 is 5.73 Å². The maximum atomic E-state index is 5.63. The molecule has 5 nitrogen and oxygen atoms in total. The molecular formula is C10H12N4OS. The number of hydrogen-bond donors (Lipinski definition) is 1. The Bertz CT molecular complexity index is 497. The highest BCUT2D eigenvalue weighted by Gasteiger charge is 2.12. The molecule has 0 spiro atoms. The molecule has 2 N–H and O–H groups in total. The Kier molecular flexibility index (Phi) is 3.09. The summed E-state index contributed by atoms with van der Waals surface area (Å²) in [6.45, 7) is 2.02. The van der Waals surface area contributed by atoms with Gasteiger partial charge in [-0.2, -0.15) is 9.97 Å². The molecule has 0 radical (unpaired) electrons. The minimum absolute atomic E-state index is 0.234. The van der Waals surface area contributed by atoms with Gasteiger partial charge in [0, 0.05) is 6.42 Å². The van der Waals surface area contributed by atoms with E-state index in [9.17, 15) is 0 Å². The molecule has 0 amide bonds. The Balaban J connectivity index is 2.51. The van der Waals surface area contributed by atoms with Gasteiger partial charge < -0.3 is 10.2 Å². The lowest BCUT2D eigenvalue weighted by atomic mass is 10.2. The zero-order valence-electron chi connectivity index (χ0n) is 9.10. The van der Waals surface area contributed by atoms with E-state index in [1.165, 1.54) is 11.8 Å². The van der Waals surface area contributed by atoms with Crippen molar-refractivity contribution < 1.29 is 4.42 Å². The molecule has 6 heteroatoms. The minimum Gasteiger partial charge on any atom is -0.469 e. The Labute approximate surface area is 97.5 Å². The summed E-state index contributed by atoms with van der Waals surface area (Å²) in [6, 6.07) is 1.84. The van der Waals surface area contributed by atoms with E-state index in [1.54, 1.807) is 6.26 Å². The SMILES string of the molecule is CCc1occc1-c1nc(N)nc(SC)n1. The predicted molar refractivity (Wildman–Crippen MR) is 63.1 cm³/mol. The van der Waals surface area contributed by atoms with E-state index in [0.29, 0.717) is 11.0 Å². The number of nitrogens with zero attached hydrogens (tertiary/aromatic N) is 3. The smallest absolute Gasteiger partial charge is 0.224 e. The summed E-state index contributed by atoms with van der Waals surface area (Å²) in [5.74, 6) is 1.66. The van der Waals surface area contributed by atoms with Crippen molar-refractivity contribution in [3.63, 3.8) is 0 Å². The summed E-state index contributed by atoms with van der Waals surface area (Å²) < 4.78 is 5.33. The number of aryl methyl sites for hydroxylation is 1. The van der Waals surface area contributed by atoms with Gasteiger partial charge in [0.05, 0.1) is 11.8 Å². The Hall–Kier alpha value is -1.56. The van der Waals surface area contributed by atoms with Gasteiger partial charge in [-0.25, -0.2) is 4.98 Å². The van der Waals surface area contributed by atoms with Crippen LogP contribution in [0, 0.1) is 0 Å². The van der Waals surface area contributed by atoms with Crippen molar-refractivity contribution >= 4 is 17.7 Å². The Morgan fingerprint density at radius 1 is 1.38 bits per heavy atom. The van der Waals surface area contributed by atoms with E-state index in [2.05, 4.69) is 15.0 Å². The number of rotatable bonds is 3. The van der Waals surface area contributed by atoms with Crippen LogP contribution >= 0.6 is 11.8 Å². The standard InChI is InChI=1S/C10H12N4OS/c1-3-7-6(4-5-15-7)8-12-9(11)14-10(13-8)16-2/h4-5H,3H2,1-2H3,(H2,11,12,13,14). The van der Waals surface area contributed by atoms with E-state index in [-0.39, 0.29) is 5.95 Å². The van der Waals surface area contributed by atoms with Crippen LogP contribution in [0.2, 0.25) is 0 Å². The minimum atomic E-state index is 0.234. The maximum absolute atomic E-state index is 5.63. The summed E-state index contributed by atoms with van der Waals surface area (Å²) in [7, 11) is 0. The summed E-state index contributed by atoms with van der Waals surface area (Å²) in [5, 5.41) is 0.616. The van der Waals surface area contributed by atoms with Gasteiger partial charge in [-0.05, 0) is 12.3 Å². The van der Waals surface area contributed by atoms with E-state index < -0.39 is 0 Å². The van der Waals surface area contributed by atoms with Crippen LogP contribution in [-0.2, 0) is 6.42 Å². The number of hydrogen-bond acceptors (Lipinski definition) is 6. The number of aromatic nitrogens is 3. The van der Waals surface area contributed by atoms with Crippen molar-refractivity contribution in [2.24, 2.45) is 0 Å². The highest BCUT2D eigenvalue weighted by atomic mass is 32.2. The molecule has 0 aliphatic rings. The first-order valence-electron chi connectivity index (χ1n) is 4.87. The molecular weight excluding hydrogens is 224 g/mol. The monoisotopic (exact) mass is 236 g/mol. The quantitative estimate of drug-likeness (QED) is 0.821. The fourth-order valence-corrected chi connectivity index (χ4v) is 1.76. The lowest BCUT2D eigenvalue weighted by Gasteiger charge is -2.02. The zero-order chi connectivity index (χ0) is 11.5. The molecule has 0 aliphatic heterocycles. The molecule has 2 aromatic rings. The highest BCUT2D eigenvalue weighted by molar-refractivity contribution is 7.98. The Morgan fingerprint density at radius 3 is 2.88 bits per heavy atom. The molecule has 84 valence electrons. The summed E-state index contributed by atoms with van der Waals surface area (Å²) in [6.07, 6.45) is 4.32. The molecule has 0 fully saturated rings. The third kappa shape index (κ3) is 2.01. The first kappa shape index (κ1) is 10.9. The van der Waals surface area contributed by atoms with Crippen molar-refractivity contribution in [3.05, 3.63) is 18.1 Å². The van der Waals surface area contributed by atoms with Gasteiger partial charge in [-0.1, -0.05) is 18.7 Å². The van der Waals surface area contributed by atoms with Crippen molar-refractivity contribution in [2.75, 3.05) is 12.0 Å². The molecule has 0 aromatic carbocycles. The van der Waals surface area contributed by atoms with Crippen LogP contribution in [0.5, 0.6) is 0 Å². The topological polar surface area (TPSA) is 77.8 Å². The van der Waals surface area contributed by atoms with Crippen molar-refractivity contribution in [1.29, 1.82) is 0 Å². The number of nitrogens with two attached hydrogens (primary N) is 1. The second-order valence-corrected chi connectivity index (χ2v) is 3.89. The van der Waals surface area contributed by atoms with E-state index >= 15 is 0 Å². The van der Waals surface area contributed by atoms with Gasteiger partial charge in [0.2, 0.25) is 5.95 Å². The first-order chi connectivity index (χ1) is 7.74. The normalized spacial score (nSPS) is 10.6. The average Bonchev–Trinajstić information content (AvgIpc) is 2.76. The van der Waals surface area contributed by atoms with Gasteiger partial charge in [-0.15, -0.1) is 0 Å². The van der Waals surface area contributed by atoms with E-state index in [1.807, 2.05) is 19.2 Å². The van der Waals surface area contributed by atoms with Gasteiger partial charge in [0.25, 0.3) is 0 Å². The fourth-order valence-electron chi connectivity index (χ4n) is 1.40. The van der Waals surface area contributed by atoms with Crippen LogP contribution in [0.15, 0.2) is 21.9 Å². The van der Waals surface area contributed by atoms with Crippen LogP contribution in [0.3, 0.4) is 0 Å². The van der Waals surface area contributed by atoms with E-state index in [0.717, 1.165) is 17.7 Å². The molecule has 16 heavy (non-hydrogen) atoms. The molecule has 2 rings (SSSR count). The molecule has 0 atom stereocenters. The first-order valence-corrected chi connectivity index (χ1v) is 6.09. The van der Waals surface area contributed by atoms with Gasteiger partial charge in [0.1, 0.15) is 5.76 Å². The molecule has 0 unspecified atom stereocenters. The van der Waals surface area contributed by atoms with Crippen molar-refractivity contribution in [1.82, 2.24) is 15.0 Å². The summed E-state index contributed by atoms with van der Waals surface area (Å²) in [5.41, 5.74) is 6.51. The number of nitrogen functional groups attached to an aromatic ring is 1. The number of anilines is 1. The van der Waals surface area contributed by atoms with Crippen molar-refractivity contribution in [2.45, 2.75) is 18.5 Å². The molecule has 0 saturated heterocycles. The Morgan fingerprint density at radius 2 is 2.19 bits per heavy atom. The third-order valence-corrected chi connectivity index (χ3v) is 2.67. The maximum Gasteiger partial charge on any atom is 0.224 e. The predicted octanol–water partition coefficient (Wildman–Crippen LogP) is 2.00. The second-order valence-electron chi connectivity index (χ2n) is 3.11. The average molecular weight is 236 g/mol. The van der Waals surface area contributed by atoms with Gasteiger partial charge >= 0.3 is 0 Å². The van der Waals surface area contributed by atoms with Crippen molar-refractivity contribution in [3.8, 4) is 11.4 Å². The molecule has 2 aromatic heterocycles. The zero-order valence-corrected chi connectivity index (χ0v) is 9.91. The lowest BCUT2D eigenvalue weighted by Crippen LogP contribution is -2.01. The second kappa shape index (κ2) is 4.52. The highest BCUT2D eigenvalue weighted by Crippen LogP contribution is 2.23. The van der Waals surface area contributed by atoms with Crippen LogP contribution in [0.25, 0.3) is 11.4 Å². The molecule has 0 bridgehead atoms. The molecule has 0 aliphatic carbocycles. The number of thioether (sulfide) groups is 1. The van der Waals surface area contributed by atoms with Crippen LogP contribution in [0.4, 0.5) is 5.95 Å². The lowest BCUT2D eigenvalue weighted by molar-refractivity contribution is 0.517. The summed E-state index contributed by atoms with van der Waals surface area (Å²) >= 11 is 1.44. The van der Waals surface area contributed by atoms with Crippen LogP contribution in [-0.4, -0.2) is 21.2 Å². The largest absolute Gasteiger partial charge is 0.469 e. The van der Waals surface area contributed by atoms with Crippen LogP contribution in [0.1, 0.15) is 12.7 Å². The molecule has 2 heterocycles. The molecule has 0 saturated carbocycles. The van der Waals surface area contributed by atoms with E-state index in [4.69, 9.17) is 10.2 Å². The van der Waals surface area contributed by atoms with Gasteiger partial charge in [0.15, 0.2) is 11.0 Å². The summed E-state index contributed by atoms with van der Waals surface area (Å²) in [4.78, 5) is 12.4. The fraction of sp³-hybridized carbons (Fsp3) is 0.300. The van der Waals surface area contributed by atoms with Gasteiger partial charge in [-0.3, -0.25) is 0 Å². The number of furan rings is 1.